The van der Waals surface area contributed by atoms with Crippen LogP contribution in [0.15, 0.2) is 30.3 Å². The van der Waals surface area contributed by atoms with Gasteiger partial charge in [0.05, 0.1) is 33.0 Å². The fourth-order valence-corrected chi connectivity index (χ4v) is 1.66. The van der Waals surface area contributed by atoms with Crippen LogP contribution in [0.1, 0.15) is 31.7 Å². The van der Waals surface area contributed by atoms with Crippen molar-refractivity contribution in [1.29, 1.82) is 0 Å². The lowest BCUT2D eigenvalue weighted by Gasteiger charge is -2.06. The van der Waals surface area contributed by atoms with Gasteiger partial charge in [-0.25, -0.2) is 0 Å². The molecule has 3 nitrogen and oxygen atoms in total. The van der Waals surface area contributed by atoms with E-state index in [1.54, 1.807) is 0 Å². The maximum Gasteiger partial charge on any atom is 0.0718 e. The summed E-state index contributed by atoms with van der Waals surface area (Å²) in [5.41, 5.74) is 1.20. The van der Waals surface area contributed by atoms with E-state index in [-0.39, 0.29) is 0 Å². The van der Waals surface area contributed by atoms with Crippen LogP contribution in [0.25, 0.3) is 0 Å². The van der Waals surface area contributed by atoms with E-state index in [0.717, 1.165) is 13.0 Å². The van der Waals surface area contributed by atoms with Crippen molar-refractivity contribution in [3.8, 4) is 0 Å². The third kappa shape index (κ3) is 9.65. The number of benzene rings is 1. The summed E-state index contributed by atoms with van der Waals surface area (Å²) in [6.07, 6.45) is 3.63. The lowest BCUT2D eigenvalue weighted by Crippen LogP contribution is -2.09. The van der Waals surface area contributed by atoms with Gasteiger partial charge in [0.25, 0.3) is 0 Å². The maximum absolute atomic E-state index is 5.51. The molecule has 0 aromatic heterocycles. The van der Waals surface area contributed by atoms with Crippen molar-refractivity contribution in [2.75, 3.05) is 33.0 Å². The lowest BCUT2D eigenvalue weighted by molar-refractivity contribution is 0.0101. The van der Waals surface area contributed by atoms with Gasteiger partial charge in [0, 0.05) is 6.61 Å². The summed E-state index contributed by atoms with van der Waals surface area (Å²) in [6, 6.07) is 10.2. The van der Waals surface area contributed by atoms with Crippen molar-refractivity contribution in [1.82, 2.24) is 0 Å². The van der Waals surface area contributed by atoms with E-state index in [0.29, 0.717) is 33.0 Å². The van der Waals surface area contributed by atoms with Crippen LogP contribution in [0, 0.1) is 0 Å². The van der Waals surface area contributed by atoms with Gasteiger partial charge in [-0.15, -0.1) is 0 Å². The lowest BCUT2D eigenvalue weighted by atomic mass is 10.2. The smallest absolute Gasteiger partial charge is 0.0718 e. The second kappa shape index (κ2) is 12.2. The van der Waals surface area contributed by atoms with E-state index in [4.69, 9.17) is 14.2 Å². The topological polar surface area (TPSA) is 27.7 Å². The molecule has 0 bridgehead atoms. The van der Waals surface area contributed by atoms with Crippen LogP contribution in [0.4, 0.5) is 0 Å². The van der Waals surface area contributed by atoms with Crippen molar-refractivity contribution in [2.24, 2.45) is 0 Å². The van der Waals surface area contributed by atoms with Gasteiger partial charge in [0.1, 0.15) is 0 Å². The summed E-state index contributed by atoms with van der Waals surface area (Å²) in [6.45, 7) is 6.29. The summed E-state index contributed by atoms with van der Waals surface area (Å²) in [4.78, 5) is 0. The number of hydrogen-bond donors (Lipinski definition) is 0. The fraction of sp³-hybridized carbons (Fsp3) is 0.625. The monoisotopic (exact) mass is 266 g/mol. The molecule has 0 saturated heterocycles. The summed E-state index contributed by atoms with van der Waals surface area (Å²) in [5, 5.41) is 0. The minimum atomic E-state index is 0.630. The van der Waals surface area contributed by atoms with Gasteiger partial charge < -0.3 is 14.2 Å². The van der Waals surface area contributed by atoms with Gasteiger partial charge in [0.15, 0.2) is 0 Å². The van der Waals surface area contributed by atoms with Crippen molar-refractivity contribution in [2.45, 2.75) is 32.8 Å². The molecular formula is C16H26O3. The summed E-state index contributed by atoms with van der Waals surface area (Å²) < 4.78 is 16.4. The van der Waals surface area contributed by atoms with Crippen LogP contribution < -0.4 is 0 Å². The fourth-order valence-electron chi connectivity index (χ4n) is 1.66. The Hall–Kier alpha value is -0.900. The van der Waals surface area contributed by atoms with Crippen molar-refractivity contribution < 1.29 is 14.2 Å². The molecule has 108 valence electrons. The zero-order valence-electron chi connectivity index (χ0n) is 12.0. The Bertz CT molecular complexity index is 287. The predicted molar refractivity (Wildman–Crippen MR) is 77.3 cm³/mol. The number of rotatable bonds is 12. The van der Waals surface area contributed by atoms with E-state index in [1.165, 1.54) is 18.4 Å². The first-order valence-corrected chi connectivity index (χ1v) is 7.20. The van der Waals surface area contributed by atoms with Gasteiger partial charge in [0.2, 0.25) is 0 Å². The zero-order valence-corrected chi connectivity index (χ0v) is 12.0. The number of hydrogen-bond acceptors (Lipinski definition) is 3. The van der Waals surface area contributed by atoms with E-state index in [1.807, 2.05) is 18.2 Å². The third-order valence-electron chi connectivity index (χ3n) is 2.75. The largest absolute Gasteiger partial charge is 0.379 e. The Labute approximate surface area is 116 Å². The van der Waals surface area contributed by atoms with Crippen LogP contribution in [0.2, 0.25) is 0 Å². The molecule has 0 fully saturated rings. The highest BCUT2D eigenvalue weighted by atomic mass is 16.5. The van der Waals surface area contributed by atoms with E-state index in [9.17, 15) is 0 Å². The quantitative estimate of drug-likeness (QED) is 0.542. The van der Waals surface area contributed by atoms with Gasteiger partial charge in [-0.2, -0.15) is 0 Å². The highest BCUT2D eigenvalue weighted by Crippen LogP contribution is 2.00. The predicted octanol–water partition coefficient (Wildman–Crippen LogP) is 3.43. The Kier molecular flexibility index (Phi) is 10.3. The normalized spacial score (nSPS) is 10.8. The average Bonchev–Trinajstić information content (AvgIpc) is 2.46. The second-order valence-electron chi connectivity index (χ2n) is 4.47. The first-order chi connectivity index (χ1) is 9.43. The molecular weight excluding hydrogens is 240 g/mol. The minimum Gasteiger partial charge on any atom is -0.379 e. The Balaban J connectivity index is 1.79. The molecule has 0 spiro atoms. The molecule has 0 heterocycles. The number of unbranched alkanes of at least 4 members (excludes halogenated alkanes) is 2. The molecule has 0 N–H and O–H groups in total. The van der Waals surface area contributed by atoms with E-state index in [2.05, 4.69) is 19.1 Å². The molecule has 1 rings (SSSR count). The molecule has 0 aliphatic rings. The van der Waals surface area contributed by atoms with Crippen LogP contribution in [0.5, 0.6) is 0 Å². The average molecular weight is 266 g/mol. The first kappa shape index (κ1) is 16.2. The van der Waals surface area contributed by atoms with Gasteiger partial charge in [-0.1, -0.05) is 50.1 Å². The van der Waals surface area contributed by atoms with Crippen molar-refractivity contribution >= 4 is 0 Å². The molecule has 1 aromatic carbocycles. The molecule has 0 amide bonds. The third-order valence-corrected chi connectivity index (χ3v) is 2.75. The van der Waals surface area contributed by atoms with Crippen LogP contribution in [-0.2, 0) is 20.8 Å². The van der Waals surface area contributed by atoms with Gasteiger partial charge in [-0.3, -0.25) is 0 Å². The summed E-state index contributed by atoms with van der Waals surface area (Å²) >= 11 is 0. The van der Waals surface area contributed by atoms with Gasteiger partial charge in [-0.05, 0) is 12.0 Å². The minimum absolute atomic E-state index is 0.630. The molecule has 3 heteroatoms. The van der Waals surface area contributed by atoms with E-state index < -0.39 is 0 Å². The summed E-state index contributed by atoms with van der Waals surface area (Å²) in [7, 11) is 0. The molecule has 0 aliphatic carbocycles. The highest BCUT2D eigenvalue weighted by Gasteiger charge is 1.93. The Morgan fingerprint density at radius 1 is 0.737 bits per heavy atom. The first-order valence-electron chi connectivity index (χ1n) is 7.20. The molecule has 0 unspecified atom stereocenters. The molecule has 0 atom stereocenters. The molecule has 0 saturated carbocycles. The molecule has 19 heavy (non-hydrogen) atoms. The number of ether oxygens (including phenoxy) is 3. The summed E-state index contributed by atoms with van der Waals surface area (Å²) in [5.74, 6) is 0. The van der Waals surface area contributed by atoms with Crippen molar-refractivity contribution in [3.05, 3.63) is 35.9 Å². The van der Waals surface area contributed by atoms with Crippen molar-refractivity contribution in [3.63, 3.8) is 0 Å². The SMILES string of the molecule is CCCCCOCCOCCOCc1ccccc1. The highest BCUT2D eigenvalue weighted by molar-refractivity contribution is 5.13. The van der Waals surface area contributed by atoms with Crippen LogP contribution in [0.3, 0.4) is 0 Å². The van der Waals surface area contributed by atoms with Crippen LogP contribution in [-0.4, -0.2) is 33.0 Å². The van der Waals surface area contributed by atoms with Gasteiger partial charge >= 0.3 is 0 Å². The molecule has 1 aromatic rings. The molecule has 0 radical (unpaired) electrons. The maximum atomic E-state index is 5.51. The Morgan fingerprint density at radius 2 is 1.37 bits per heavy atom. The van der Waals surface area contributed by atoms with E-state index >= 15 is 0 Å². The van der Waals surface area contributed by atoms with Crippen LogP contribution >= 0.6 is 0 Å². The Morgan fingerprint density at radius 3 is 2.05 bits per heavy atom. The standard InChI is InChI=1S/C16H26O3/c1-2-3-7-10-17-11-12-18-13-14-19-15-16-8-5-4-6-9-16/h4-6,8-9H,2-3,7,10-15H2,1H3. The molecule has 0 aliphatic heterocycles. The zero-order chi connectivity index (χ0) is 13.6. The second-order valence-corrected chi connectivity index (χ2v) is 4.47.